The molecule has 0 bridgehead atoms. The van der Waals surface area contributed by atoms with E-state index in [2.05, 4.69) is 29.6 Å². The number of nitrogens with one attached hydrogen (secondary N) is 1. The summed E-state index contributed by atoms with van der Waals surface area (Å²) in [6, 6.07) is 18.3. The van der Waals surface area contributed by atoms with E-state index in [0.29, 0.717) is 31.0 Å². The number of hydrogen-bond donors (Lipinski definition) is 3. The van der Waals surface area contributed by atoms with Gasteiger partial charge in [-0.05, 0) is 33.7 Å². The Hall–Kier alpha value is -3.91. The van der Waals surface area contributed by atoms with Gasteiger partial charge in [-0.3, -0.25) is 0 Å². The van der Waals surface area contributed by atoms with Crippen molar-refractivity contribution in [3.8, 4) is 5.75 Å². The maximum absolute atomic E-state index is 12.2. The van der Waals surface area contributed by atoms with E-state index in [-0.39, 0.29) is 6.09 Å². The van der Waals surface area contributed by atoms with Gasteiger partial charge in [-0.2, -0.15) is 0 Å². The molecule has 0 radical (unpaired) electrons. The third kappa shape index (κ3) is 6.03. The van der Waals surface area contributed by atoms with Crippen LogP contribution in [0.15, 0.2) is 66.7 Å². The average molecular weight is 422 g/mol. The van der Waals surface area contributed by atoms with E-state index in [1.807, 2.05) is 30.3 Å². The summed E-state index contributed by atoms with van der Waals surface area (Å²) in [5, 5.41) is 23.5. The molecule has 0 unspecified atom stereocenters. The molecule has 3 N–H and O–H groups in total. The molecule has 8 nitrogen and oxygen atoms in total. The maximum atomic E-state index is 12.2. The standard InChI is InChI=1S/C19H18N2O2.C4H4O4/c22-19(21-11-9-20-10-12-21)23-16-8-7-15-6-5-14-3-1-2-4-17(14)18(15)13-16;5-3(6)1-2-4(7)8/h1-8,13,20H,9-12H2;1-2H,(H,5,6)(H,7,8)/b;2-1-. The number of fused-ring (bicyclic) bond motifs is 3. The van der Waals surface area contributed by atoms with E-state index in [1.165, 1.54) is 10.8 Å². The van der Waals surface area contributed by atoms with Crippen LogP contribution in [0.2, 0.25) is 0 Å². The van der Waals surface area contributed by atoms with Gasteiger partial charge >= 0.3 is 18.0 Å². The number of carboxylic acids is 2. The van der Waals surface area contributed by atoms with Gasteiger partial charge < -0.3 is 25.2 Å². The number of rotatable bonds is 3. The number of benzene rings is 3. The summed E-state index contributed by atoms with van der Waals surface area (Å²) in [5.41, 5.74) is 0. The lowest BCUT2D eigenvalue weighted by atomic mass is 10.0. The molecule has 1 heterocycles. The molecule has 0 saturated carbocycles. The summed E-state index contributed by atoms with van der Waals surface area (Å²) in [7, 11) is 0. The van der Waals surface area contributed by atoms with Crippen LogP contribution in [-0.2, 0) is 9.59 Å². The molecule has 4 rings (SSSR count). The third-order valence-corrected chi connectivity index (χ3v) is 4.67. The van der Waals surface area contributed by atoms with E-state index in [9.17, 15) is 14.4 Å². The van der Waals surface area contributed by atoms with Gasteiger partial charge in [0.1, 0.15) is 5.75 Å². The minimum atomic E-state index is -1.26. The first-order valence-electron chi connectivity index (χ1n) is 9.67. The first-order chi connectivity index (χ1) is 14.9. The van der Waals surface area contributed by atoms with Crippen molar-refractivity contribution < 1.29 is 29.3 Å². The number of hydrogen-bond acceptors (Lipinski definition) is 5. The summed E-state index contributed by atoms with van der Waals surface area (Å²) in [6.07, 6.45) is 0.844. The van der Waals surface area contributed by atoms with E-state index >= 15 is 0 Å². The molecular weight excluding hydrogens is 400 g/mol. The van der Waals surface area contributed by atoms with Crippen molar-refractivity contribution in [2.24, 2.45) is 0 Å². The van der Waals surface area contributed by atoms with Crippen molar-refractivity contribution in [2.45, 2.75) is 0 Å². The average Bonchev–Trinajstić information content (AvgIpc) is 2.78. The molecule has 1 fully saturated rings. The Morgan fingerprint density at radius 2 is 1.42 bits per heavy atom. The highest BCUT2D eigenvalue weighted by atomic mass is 16.6. The number of nitrogens with zero attached hydrogens (tertiary/aromatic N) is 1. The highest BCUT2D eigenvalue weighted by Crippen LogP contribution is 2.28. The zero-order valence-electron chi connectivity index (χ0n) is 16.7. The fourth-order valence-electron chi connectivity index (χ4n) is 3.20. The Kier molecular flexibility index (Phi) is 7.18. The highest BCUT2D eigenvalue weighted by molar-refractivity contribution is 6.07. The van der Waals surface area contributed by atoms with Crippen LogP contribution in [0.1, 0.15) is 0 Å². The lowest BCUT2D eigenvalue weighted by Crippen LogP contribution is -2.47. The predicted octanol–water partition coefficient (Wildman–Crippen LogP) is 3.11. The second-order valence-electron chi connectivity index (χ2n) is 6.78. The minimum absolute atomic E-state index is 0.272. The minimum Gasteiger partial charge on any atom is -0.478 e. The van der Waals surface area contributed by atoms with Crippen LogP contribution in [0.4, 0.5) is 4.79 Å². The molecule has 0 aliphatic carbocycles. The molecule has 1 aliphatic rings. The van der Waals surface area contributed by atoms with Crippen LogP contribution in [-0.4, -0.2) is 59.3 Å². The first-order valence-corrected chi connectivity index (χ1v) is 9.67. The number of piperazine rings is 1. The quantitative estimate of drug-likeness (QED) is 0.439. The number of carbonyl (C=O) groups is 3. The van der Waals surface area contributed by atoms with Crippen molar-refractivity contribution in [1.82, 2.24) is 10.2 Å². The van der Waals surface area contributed by atoms with Crippen LogP contribution in [0.5, 0.6) is 5.75 Å². The van der Waals surface area contributed by atoms with Crippen molar-refractivity contribution in [3.63, 3.8) is 0 Å². The molecule has 1 amide bonds. The molecule has 160 valence electrons. The molecule has 1 saturated heterocycles. The molecule has 0 aromatic heterocycles. The Balaban J connectivity index is 0.000000293. The molecule has 0 spiro atoms. The Labute approximate surface area is 178 Å². The van der Waals surface area contributed by atoms with Crippen molar-refractivity contribution in [2.75, 3.05) is 26.2 Å². The topological polar surface area (TPSA) is 116 Å². The zero-order chi connectivity index (χ0) is 22.2. The Morgan fingerprint density at radius 3 is 2.06 bits per heavy atom. The van der Waals surface area contributed by atoms with Crippen LogP contribution in [0, 0.1) is 0 Å². The monoisotopic (exact) mass is 422 g/mol. The maximum Gasteiger partial charge on any atom is 0.415 e. The van der Waals surface area contributed by atoms with Crippen LogP contribution in [0.25, 0.3) is 21.5 Å². The molecular formula is C23H22N2O6. The molecule has 8 heteroatoms. The smallest absolute Gasteiger partial charge is 0.415 e. The van der Waals surface area contributed by atoms with Crippen LogP contribution >= 0.6 is 0 Å². The fraction of sp³-hybridized carbons (Fsp3) is 0.174. The number of carboxylic acid groups (broad SMARTS) is 2. The fourth-order valence-corrected chi connectivity index (χ4v) is 3.20. The molecule has 1 aliphatic heterocycles. The summed E-state index contributed by atoms with van der Waals surface area (Å²) >= 11 is 0. The predicted molar refractivity (Wildman–Crippen MR) is 116 cm³/mol. The van der Waals surface area contributed by atoms with E-state index in [0.717, 1.165) is 23.9 Å². The number of aliphatic carboxylic acids is 2. The van der Waals surface area contributed by atoms with Crippen molar-refractivity contribution in [1.29, 1.82) is 0 Å². The summed E-state index contributed by atoms with van der Waals surface area (Å²) in [4.78, 5) is 33.1. The summed E-state index contributed by atoms with van der Waals surface area (Å²) in [6.45, 7) is 3.01. The lowest BCUT2D eigenvalue weighted by Gasteiger charge is -2.26. The normalized spacial score (nSPS) is 13.6. The number of ether oxygens (including phenoxy) is 1. The number of carbonyl (C=O) groups excluding carboxylic acids is 1. The zero-order valence-corrected chi connectivity index (χ0v) is 16.7. The number of amides is 1. The largest absolute Gasteiger partial charge is 0.478 e. The van der Waals surface area contributed by atoms with Crippen molar-refractivity contribution >= 4 is 39.6 Å². The van der Waals surface area contributed by atoms with Gasteiger partial charge in [0.05, 0.1) is 0 Å². The molecule has 3 aromatic carbocycles. The van der Waals surface area contributed by atoms with Crippen molar-refractivity contribution in [3.05, 3.63) is 66.7 Å². The lowest BCUT2D eigenvalue weighted by molar-refractivity contribution is -0.134. The second kappa shape index (κ2) is 10.2. The van der Waals surface area contributed by atoms with Gasteiger partial charge in [0.15, 0.2) is 0 Å². The Bertz CT molecular complexity index is 1120. The third-order valence-electron chi connectivity index (χ3n) is 4.67. The second-order valence-corrected chi connectivity index (χ2v) is 6.78. The highest BCUT2D eigenvalue weighted by Gasteiger charge is 2.18. The summed E-state index contributed by atoms with van der Waals surface area (Å²) < 4.78 is 5.57. The van der Waals surface area contributed by atoms with Gasteiger partial charge in [-0.1, -0.05) is 42.5 Å². The first kappa shape index (κ1) is 21.8. The van der Waals surface area contributed by atoms with Gasteiger partial charge in [0, 0.05) is 38.3 Å². The van der Waals surface area contributed by atoms with E-state index in [1.54, 1.807) is 4.90 Å². The van der Waals surface area contributed by atoms with Crippen LogP contribution < -0.4 is 10.1 Å². The van der Waals surface area contributed by atoms with Gasteiger partial charge in [0.25, 0.3) is 0 Å². The van der Waals surface area contributed by atoms with E-state index < -0.39 is 11.9 Å². The van der Waals surface area contributed by atoms with Gasteiger partial charge in [-0.25, -0.2) is 14.4 Å². The molecule has 31 heavy (non-hydrogen) atoms. The van der Waals surface area contributed by atoms with Gasteiger partial charge in [0.2, 0.25) is 0 Å². The van der Waals surface area contributed by atoms with Crippen LogP contribution in [0.3, 0.4) is 0 Å². The SMILES string of the molecule is O=C(O)/C=C\C(=O)O.O=C(Oc1ccc2ccc3ccccc3c2c1)N1CCNCC1. The van der Waals surface area contributed by atoms with E-state index in [4.69, 9.17) is 14.9 Å². The molecule has 3 aromatic rings. The summed E-state index contributed by atoms with van der Waals surface area (Å²) in [5.74, 6) is -1.92. The van der Waals surface area contributed by atoms with Gasteiger partial charge in [-0.15, -0.1) is 0 Å². The Morgan fingerprint density at radius 1 is 0.839 bits per heavy atom. The molecule has 0 atom stereocenters.